The Bertz CT molecular complexity index is 334. The summed E-state index contributed by atoms with van der Waals surface area (Å²) in [6, 6.07) is 1.88. The molecule has 0 spiro atoms. The van der Waals surface area contributed by atoms with Gasteiger partial charge in [0.1, 0.15) is 5.82 Å². The molecule has 82 valence electrons. The maximum atomic E-state index is 5.65. The monoisotopic (exact) mass is 208 g/mol. The number of nitrogens with two attached hydrogens (primary N) is 1. The first-order valence-corrected chi connectivity index (χ1v) is 5.14. The summed E-state index contributed by atoms with van der Waals surface area (Å²) in [5.74, 6) is 1.20. The van der Waals surface area contributed by atoms with E-state index in [2.05, 4.69) is 28.7 Å². The summed E-state index contributed by atoms with van der Waals surface area (Å²) in [6.07, 6.45) is 2.14. The second-order valence-electron chi connectivity index (χ2n) is 3.94. The van der Waals surface area contributed by atoms with Crippen molar-refractivity contribution in [2.45, 2.75) is 26.1 Å². The van der Waals surface area contributed by atoms with Crippen molar-refractivity contribution in [1.82, 2.24) is 9.97 Å². The minimum absolute atomic E-state index is 0.227. The molecule has 5 heteroatoms. The van der Waals surface area contributed by atoms with Gasteiger partial charge in [-0.15, -0.1) is 0 Å². The average Bonchev–Trinajstić information content (AvgIpc) is 2.16. The van der Waals surface area contributed by atoms with Crippen molar-refractivity contribution >= 4 is 11.8 Å². The van der Waals surface area contributed by atoms with E-state index in [1.807, 2.05) is 6.07 Å². The van der Waals surface area contributed by atoms with Crippen LogP contribution in [0.3, 0.4) is 0 Å². The molecule has 1 aromatic heterocycles. The molecular formula is C10H16N4O. The maximum absolute atomic E-state index is 5.65. The Kier molecular flexibility index (Phi) is 2.73. The zero-order valence-corrected chi connectivity index (χ0v) is 9.05. The summed E-state index contributed by atoms with van der Waals surface area (Å²) in [5, 5.41) is 0. The Balaban J connectivity index is 2.16. The molecule has 0 aromatic carbocycles. The van der Waals surface area contributed by atoms with Gasteiger partial charge in [-0.25, -0.2) is 4.98 Å². The first-order chi connectivity index (χ1) is 7.15. The van der Waals surface area contributed by atoms with Crippen molar-refractivity contribution in [2.24, 2.45) is 0 Å². The average molecular weight is 208 g/mol. The Labute approximate surface area is 89.3 Å². The lowest BCUT2D eigenvalue weighted by atomic mass is 10.2. The number of hydrogen-bond donors (Lipinski definition) is 1. The van der Waals surface area contributed by atoms with Crippen LogP contribution in [0.1, 0.15) is 13.8 Å². The molecule has 2 atom stereocenters. The number of nitrogens with zero attached hydrogens (tertiary/aromatic N) is 3. The summed E-state index contributed by atoms with van der Waals surface area (Å²) >= 11 is 0. The van der Waals surface area contributed by atoms with Crippen LogP contribution >= 0.6 is 0 Å². The number of ether oxygens (including phenoxy) is 1. The summed E-state index contributed by atoms with van der Waals surface area (Å²) < 4.78 is 5.65. The first kappa shape index (κ1) is 10.2. The molecule has 2 N–H and O–H groups in total. The van der Waals surface area contributed by atoms with Gasteiger partial charge < -0.3 is 15.4 Å². The van der Waals surface area contributed by atoms with Gasteiger partial charge in [0.15, 0.2) is 0 Å². The molecule has 1 fully saturated rings. The number of anilines is 2. The number of nitrogen functional groups attached to an aromatic ring is 1. The van der Waals surface area contributed by atoms with Crippen molar-refractivity contribution in [2.75, 3.05) is 23.7 Å². The predicted molar refractivity (Wildman–Crippen MR) is 58.7 cm³/mol. The largest absolute Gasteiger partial charge is 0.372 e. The van der Waals surface area contributed by atoms with E-state index < -0.39 is 0 Å². The van der Waals surface area contributed by atoms with Crippen molar-refractivity contribution in [3.63, 3.8) is 0 Å². The minimum Gasteiger partial charge on any atom is -0.372 e. The molecule has 2 unspecified atom stereocenters. The molecule has 0 aliphatic carbocycles. The van der Waals surface area contributed by atoms with Crippen LogP contribution in [0.15, 0.2) is 12.3 Å². The first-order valence-electron chi connectivity index (χ1n) is 5.14. The van der Waals surface area contributed by atoms with Crippen molar-refractivity contribution < 1.29 is 4.74 Å². The zero-order chi connectivity index (χ0) is 10.8. The van der Waals surface area contributed by atoms with Gasteiger partial charge in [-0.2, -0.15) is 4.98 Å². The Morgan fingerprint density at radius 1 is 1.40 bits per heavy atom. The van der Waals surface area contributed by atoms with Crippen molar-refractivity contribution in [3.05, 3.63) is 12.3 Å². The molecule has 1 aliphatic rings. The van der Waals surface area contributed by atoms with E-state index in [1.54, 1.807) is 6.20 Å². The van der Waals surface area contributed by atoms with E-state index in [-0.39, 0.29) is 12.2 Å². The number of rotatable bonds is 1. The third-order valence-corrected chi connectivity index (χ3v) is 2.40. The van der Waals surface area contributed by atoms with Gasteiger partial charge in [0.2, 0.25) is 5.95 Å². The Morgan fingerprint density at radius 2 is 2.07 bits per heavy atom. The van der Waals surface area contributed by atoms with Crippen LogP contribution < -0.4 is 10.6 Å². The van der Waals surface area contributed by atoms with E-state index in [0.717, 1.165) is 18.9 Å². The fourth-order valence-corrected chi connectivity index (χ4v) is 1.90. The Morgan fingerprint density at radius 3 is 2.67 bits per heavy atom. The van der Waals surface area contributed by atoms with Gasteiger partial charge in [0.25, 0.3) is 0 Å². The second-order valence-corrected chi connectivity index (χ2v) is 3.94. The van der Waals surface area contributed by atoms with Gasteiger partial charge in [0, 0.05) is 19.3 Å². The summed E-state index contributed by atoms with van der Waals surface area (Å²) in [7, 11) is 0. The van der Waals surface area contributed by atoms with Gasteiger partial charge in [-0.05, 0) is 19.9 Å². The van der Waals surface area contributed by atoms with Crippen LogP contribution in [0.5, 0.6) is 0 Å². The van der Waals surface area contributed by atoms with Crippen LogP contribution in [-0.2, 0) is 4.74 Å². The smallest absolute Gasteiger partial charge is 0.221 e. The molecule has 1 saturated heterocycles. The molecule has 0 saturated carbocycles. The summed E-state index contributed by atoms with van der Waals surface area (Å²) in [4.78, 5) is 10.3. The number of morpholine rings is 1. The van der Waals surface area contributed by atoms with Crippen molar-refractivity contribution in [1.29, 1.82) is 0 Å². The van der Waals surface area contributed by atoms with Gasteiger partial charge >= 0.3 is 0 Å². The van der Waals surface area contributed by atoms with Gasteiger partial charge in [-0.1, -0.05) is 0 Å². The molecule has 5 nitrogen and oxygen atoms in total. The highest BCUT2D eigenvalue weighted by Gasteiger charge is 2.23. The molecule has 0 amide bonds. The minimum atomic E-state index is 0.227. The second kappa shape index (κ2) is 4.02. The van der Waals surface area contributed by atoms with E-state index in [9.17, 15) is 0 Å². The molecule has 0 radical (unpaired) electrons. The fraction of sp³-hybridized carbons (Fsp3) is 0.600. The molecule has 2 rings (SSSR count). The quantitative estimate of drug-likeness (QED) is 0.735. The highest BCUT2D eigenvalue weighted by molar-refractivity contribution is 5.41. The molecule has 15 heavy (non-hydrogen) atoms. The van der Waals surface area contributed by atoms with Gasteiger partial charge in [-0.3, -0.25) is 0 Å². The molecule has 2 heterocycles. The van der Waals surface area contributed by atoms with Crippen LogP contribution in [0.25, 0.3) is 0 Å². The molecular weight excluding hydrogens is 192 g/mol. The zero-order valence-electron chi connectivity index (χ0n) is 9.05. The lowest BCUT2D eigenvalue weighted by Gasteiger charge is -2.35. The normalized spacial score (nSPS) is 26.7. The Hall–Kier alpha value is -1.36. The van der Waals surface area contributed by atoms with Crippen LogP contribution in [0, 0.1) is 0 Å². The highest BCUT2D eigenvalue weighted by Crippen LogP contribution is 2.17. The van der Waals surface area contributed by atoms with Crippen LogP contribution in [-0.4, -0.2) is 35.3 Å². The number of hydrogen-bond acceptors (Lipinski definition) is 5. The van der Waals surface area contributed by atoms with Crippen molar-refractivity contribution in [3.8, 4) is 0 Å². The molecule has 1 aliphatic heterocycles. The highest BCUT2D eigenvalue weighted by atomic mass is 16.5. The van der Waals surface area contributed by atoms with E-state index in [1.165, 1.54) is 0 Å². The van der Waals surface area contributed by atoms with E-state index in [4.69, 9.17) is 10.5 Å². The van der Waals surface area contributed by atoms with E-state index in [0.29, 0.717) is 5.95 Å². The standard InChI is InChI=1S/C10H16N4O/c1-7-5-14(6-8(2)15-7)9-3-4-12-10(11)13-9/h3-4,7-8H,5-6H2,1-2H3,(H2,11,12,13). The summed E-state index contributed by atoms with van der Waals surface area (Å²) in [6.45, 7) is 5.82. The maximum Gasteiger partial charge on any atom is 0.221 e. The van der Waals surface area contributed by atoms with Gasteiger partial charge in [0.05, 0.1) is 12.2 Å². The van der Waals surface area contributed by atoms with E-state index >= 15 is 0 Å². The molecule has 0 bridgehead atoms. The third-order valence-electron chi connectivity index (χ3n) is 2.40. The van der Waals surface area contributed by atoms with Crippen LogP contribution in [0.2, 0.25) is 0 Å². The molecule has 1 aromatic rings. The lowest BCUT2D eigenvalue weighted by Crippen LogP contribution is -2.45. The van der Waals surface area contributed by atoms with Crippen LogP contribution in [0.4, 0.5) is 11.8 Å². The third kappa shape index (κ3) is 2.36. The summed E-state index contributed by atoms with van der Waals surface area (Å²) in [5.41, 5.74) is 5.55. The SMILES string of the molecule is CC1CN(c2ccnc(N)n2)CC(C)O1. The predicted octanol–water partition coefficient (Wildman–Crippen LogP) is 0.672. The lowest BCUT2D eigenvalue weighted by molar-refractivity contribution is -0.00545. The number of aromatic nitrogens is 2. The fourth-order valence-electron chi connectivity index (χ4n) is 1.90. The topological polar surface area (TPSA) is 64.3 Å².